The monoisotopic (exact) mass is 392 g/mol. The maximum absolute atomic E-state index is 13.1. The van der Waals surface area contributed by atoms with E-state index in [2.05, 4.69) is 10.1 Å². The molecule has 0 unspecified atom stereocenters. The summed E-state index contributed by atoms with van der Waals surface area (Å²) in [6.07, 6.45) is 0.521. The molecule has 1 aromatic heterocycles. The second kappa shape index (κ2) is 8.61. The number of hydrogen-bond donors (Lipinski definition) is 0. The number of nitrogens with zero attached hydrogens (tertiary/aromatic N) is 4. The van der Waals surface area contributed by atoms with Gasteiger partial charge in [-0.1, -0.05) is 25.9 Å². The SMILES string of the molecule is Cc1onc(C(C)(C)C)c1C(=O)N1CCN(C(=O)CCN2CCOCC2)CC1. The molecule has 2 aliphatic heterocycles. The first-order chi connectivity index (χ1) is 13.3. The van der Waals surface area contributed by atoms with Crippen LogP contribution in [-0.2, 0) is 14.9 Å². The van der Waals surface area contributed by atoms with Crippen LogP contribution in [0.4, 0.5) is 0 Å². The molecule has 2 amide bonds. The smallest absolute Gasteiger partial charge is 0.259 e. The van der Waals surface area contributed by atoms with Crippen LogP contribution in [0, 0.1) is 6.92 Å². The van der Waals surface area contributed by atoms with Crippen LogP contribution in [0.1, 0.15) is 49.0 Å². The van der Waals surface area contributed by atoms with E-state index in [0.717, 1.165) is 32.8 Å². The lowest BCUT2D eigenvalue weighted by Gasteiger charge is -2.35. The van der Waals surface area contributed by atoms with Gasteiger partial charge in [-0.15, -0.1) is 0 Å². The summed E-state index contributed by atoms with van der Waals surface area (Å²) in [6.45, 7) is 14.1. The maximum Gasteiger partial charge on any atom is 0.259 e. The molecule has 0 aromatic carbocycles. The molecule has 2 fully saturated rings. The van der Waals surface area contributed by atoms with Crippen molar-refractivity contribution in [2.45, 2.75) is 39.5 Å². The third kappa shape index (κ3) is 4.72. The molecule has 1 aromatic rings. The summed E-state index contributed by atoms with van der Waals surface area (Å²) in [5, 5.41) is 4.11. The first-order valence-corrected chi connectivity index (χ1v) is 10.1. The van der Waals surface area contributed by atoms with Crippen LogP contribution in [0.25, 0.3) is 0 Å². The van der Waals surface area contributed by atoms with Gasteiger partial charge >= 0.3 is 0 Å². The van der Waals surface area contributed by atoms with Gasteiger partial charge < -0.3 is 19.1 Å². The summed E-state index contributed by atoms with van der Waals surface area (Å²) in [5.74, 6) is 0.665. The molecule has 0 N–H and O–H groups in total. The molecule has 2 saturated heterocycles. The largest absolute Gasteiger partial charge is 0.379 e. The van der Waals surface area contributed by atoms with Gasteiger partial charge in [0.2, 0.25) is 5.91 Å². The highest BCUT2D eigenvalue weighted by molar-refractivity contribution is 5.96. The minimum Gasteiger partial charge on any atom is -0.379 e. The predicted octanol–water partition coefficient (Wildman–Crippen LogP) is 1.29. The van der Waals surface area contributed by atoms with Crippen LogP contribution in [0.3, 0.4) is 0 Å². The highest BCUT2D eigenvalue weighted by Crippen LogP contribution is 2.28. The van der Waals surface area contributed by atoms with E-state index in [0.29, 0.717) is 49.6 Å². The number of amides is 2. The van der Waals surface area contributed by atoms with Crippen LogP contribution >= 0.6 is 0 Å². The third-order valence-corrected chi connectivity index (χ3v) is 5.45. The molecule has 8 heteroatoms. The fourth-order valence-electron chi connectivity index (χ4n) is 3.69. The minimum atomic E-state index is -0.264. The number of morpholine rings is 1. The molecule has 28 heavy (non-hydrogen) atoms. The normalized spacial score (nSPS) is 19.1. The van der Waals surface area contributed by atoms with E-state index >= 15 is 0 Å². The molecule has 8 nitrogen and oxygen atoms in total. The van der Waals surface area contributed by atoms with E-state index in [1.54, 1.807) is 11.8 Å². The Bertz CT molecular complexity index is 696. The van der Waals surface area contributed by atoms with Crippen molar-refractivity contribution in [3.63, 3.8) is 0 Å². The number of carbonyl (C=O) groups excluding carboxylic acids is 2. The number of carbonyl (C=O) groups is 2. The lowest BCUT2D eigenvalue weighted by molar-refractivity contribution is -0.133. The molecule has 3 heterocycles. The van der Waals surface area contributed by atoms with Gasteiger partial charge in [-0.2, -0.15) is 0 Å². The zero-order chi connectivity index (χ0) is 20.3. The lowest BCUT2D eigenvalue weighted by atomic mass is 9.88. The van der Waals surface area contributed by atoms with Crippen molar-refractivity contribution in [3.8, 4) is 0 Å². The lowest BCUT2D eigenvalue weighted by Crippen LogP contribution is -2.51. The first kappa shape index (κ1) is 20.8. The summed E-state index contributed by atoms with van der Waals surface area (Å²) in [6, 6.07) is 0. The average molecular weight is 393 g/mol. The number of piperazine rings is 1. The van der Waals surface area contributed by atoms with E-state index in [-0.39, 0.29) is 17.2 Å². The molecule has 0 atom stereocenters. The number of ether oxygens (including phenoxy) is 1. The quantitative estimate of drug-likeness (QED) is 0.768. The van der Waals surface area contributed by atoms with E-state index in [1.165, 1.54) is 0 Å². The molecule has 0 radical (unpaired) electrons. The van der Waals surface area contributed by atoms with Gasteiger partial charge in [0, 0.05) is 57.6 Å². The number of aromatic nitrogens is 1. The van der Waals surface area contributed by atoms with Crippen molar-refractivity contribution in [2.24, 2.45) is 0 Å². The number of rotatable bonds is 4. The molecule has 156 valence electrons. The van der Waals surface area contributed by atoms with Gasteiger partial charge in [-0.05, 0) is 6.92 Å². The van der Waals surface area contributed by atoms with Gasteiger partial charge in [0.25, 0.3) is 5.91 Å². The molecular weight excluding hydrogens is 360 g/mol. The van der Waals surface area contributed by atoms with Crippen molar-refractivity contribution in [2.75, 3.05) is 59.0 Å². The first-order valence-electron chi connectivity index (χ1n) is 10.1. The number of aryl methyl sites for hydroxylation is 1. The Balaban J connectivity index is 1.53. The fourth-order valence-corrected chi connectivity index (χ4v) is 3.69. The molecule has 0 aliphatic carbocycles. The second-order valence-electron chi connectivity index (χ2n) is 8.59. The third-order valence-electron chi connectivity index (χ3n) is 5.45. The molecule has 3 rings (SSSR count). The Morgan fingerprint density at radius 2 is 1.61 bits per heavy atom. The van der Waals surface area contributed by atoms with Crippen molar-refractivity contribution in [3.05, 3.63) is 17.0 Å². The average Bonchev–Trinajstić information content (AvgIpc) is 3.08. The standard InChI is InChI=1S/C20H32N4O4/c1-15-17(18(21-28-15)20(2,3)4)19(26)24-9-7-23(8-10-24)16(25)5-6-22-11-13-27-14-12-22/h5-14H2,1-4H3. The highest BCUT2D eigenvalue weighted by Gasteiger charge is 2.33. The molecular formula is C20H32N4O4. The van der Waals surface area contributed by atoms with E-state index in [1.807, 2.05) is 25.7 Å². The summed E-state index contributed by atoms with van der Waals surface area (Å²) in [4.78, 5) is 31.5. The molecule has 0 saturated carbocycles. The topological polar surface area (TPSA) is 79.1 Å². The maximum atomic E-state index is 13.1. The van der Waals surface area contributed by atoms with E-state index < -0.39 is 0 Å². The minimum absolute atomic E-state index is 0.0518. The van der Waals surface area contributed by atoms with Crippen LogP contribution in [0.5, 0.6) is 0 Å². The van der Waals surface area contributed by atoms with Crippen molar-refractivity contribution < 1.29 is 18.8 Å². The van der Waals surface area contributed by atoms with Crippen molar-refractivity contribution in [1.29, 1.82) is 0 Å². The fraction of sp³-hybridized carbons (Fsp3) is 0.750. The van der Waals surface area contributed by atoms with Gasteiger partial charge in [-0.25, -0.2) is 0 Å². The van der Waals surface area contributed by atoms with Crippen LogP contribution in [-0.4, -0.2) is 90.7 Å². The van der Waals surface area contributed by atoms with Crippen molar-refractivity contribution >= 4 is 11.8 Å². The predicted molar refractivity (Wildman–Crippen MR) is 104 cm³/mol. The zero-order valence-electron chi connectivity index (χ0n) is 17.5. The molecule has 0 spiro atoms. The van der Waals surface area contributed by atoms with Crippen LogP contribution < -0.4 is 0 Å². The Hall–Kier alpha value is -1.93. The molecule has 2 aliphatic rings. The summed E-state index contributed by atoms with van der Waals surface area (Å²) in [7, 11) is 0. The van der Waals surface area contributed by atoms with Gasteiger partial charge in [-0.3, -0.25) is 14.5 Å². The Labute approximate surface area is 166 Å². The van der Waals surface area contributed by atoms with Gasteiger partial charge in [0.15, 0.2) is 0 Å². The Morgan fingerprint density at radius 3 is 2.21 bits per heavy atom. The Morgan fingerprint density at radius 1 is 1.00 bits per heavy atom. The Kier molecular flexibility index (Phi) is 6.40. The highest BCUT2D eigenvalue weighted by atomic mass is 16.5. The van der Waals surface area contributed by atoms with Gasteiger partial charge in [0.1, 0.15) is 17.0 Å². The number of hydrogen-bond acceptors (Lipinski definition) is 6. The van der Waals surface area contributed by atoms with Crippen LogP contribution in [0.15, 0.2) is 4.52 Å². The zero-order valence-corrected chi connectivity index (χ0v) is 17.5. The van der Waals surface area contributed by atoms with E-state index in [9.17, 15) is 9.59 Å². The second-order valence-corrected chi connectivity index (χ2v) is 8.59. The summed E-state index contributed by atoms with van der Waals surface area (Å²) in [5.41, 5.74) is 0.999. The summed E-state index contributed by atoms with van der Waals surface area (Å²) >= 11 is 0. The molecule has 0 bridgehead atoms. The summed E-state index contributed by atoms with van der Waals surface area (Å²) < 4.78 is 10.6. The van der Waals surface area contributed by atoms with E-state index in [4.69, 9.17) is 9.26 Å². The van der Waals surface area contributed by atoms with Gasteiger partial charge in [0.05, 0.1) is 13.2 Å². The van der Waals surface area contributed by atoms with Crippen molar-refractivity contribution in [1.82, 2.24) is 19.9 Å². The van der Waals surface area contributed by atoms with Crippen LogP contribution in [0.2, 0.25) is 0 Å².